The van der Waals surface area contributed by atoms with E-state index in [-0.39, 0.29) is 62.3 Å². The zero-order chi connectivity index (χ0) is 47.4. The Morgan fingerprint density at radius 3 is 2.26 bits per heavy atom. The van der Waals surface area contributed by atoms with E-state index in [4.69, 9.17) is 23.7 Å². The Morgan fingerprint density at radius 1 is 0.818 bits per heavy atom. The molecule has 16 nitrogen and oxygen atoms in total. The Kier molecular flexibility index (Phi) is 21.1. The molecular weight excluding hydrogens is 887 g/mol. The Labute approximate surface area is 393 Å². The van der Waals surface area contributed by atoms with Crippen molar-refractivity contribution in [3.8, 4) is 22.5 Å². The molecule has 3 amide bonds. The fourth-order valence-electron chi connectivity index (χ4n) is 7.40. The van der Waals surface area contributed by atoms with Gasteiger partial charge in [-0.15, -0.1) is 0 Å². The lowest BCUT2D eigenvalue weighted by Crippen LogP contribution is -2.47. The van der Waals surface area contributed by atoms with E-state index in [0.29, 0.717) is 73.2 Å². The van der Waals surface area contributed by atoms with Gasteiger partial charge >= 0.3 is 11.9 Å². The lowest BCUT2D eigenvalue weighted by atomic mass is 9.89. The molecule has 1 saturated heterocycles. The van der Waals surface area contributed by atoms with Crippen LogP contribution in [0.4, 0.5) is 5.69 Å². The van der Waals surface area contributed by atoms with E-state index in [1.807, 2.05) is 95.7 Å². The lowest BCUT2D eigenvalue weighted by molar-refractivity contribution is -0.138. The van der Waals surface area contributed by atoms with Gasteiger partial charge in [0.25, 0.3) is 5.91 Å². The maximum Gasteiger partial charge on any atom is 0.336 e. The second kappa shape index (κ2) is 26.9. The Morgan fingerprint density at radius 2 is 1.56 bits per heavy atom. The summed E-state index contributed by atoms with van der Waals surface area (Å²) < 4.78 is 24.5. The van der Waals surface area contributed by atoms with Crippen LogP contribution < -0.4 is 30.8 Å². The number of aromatic carboxylic acids is 1. The van der Waals surface area contributed by atoms with E-state index in [2.05, 4.69) is 16.0 Å². The molecule has 18 heteroatoms. The summed E-state index contributed by atoms with van der Waals surface area (Å²) in [5.74, 6) is -1.28. The molecule has 2 aromatic rings. The molecule has 2 atom stereocenters. The monoisotopic (exact) mass is 950 g/mol. The average Bonchev–Trinajstić information content (AvgIpc) is 3.82. The van der Waals surface area contributed by atoms with Crippen molar-refractivity contribution in [2.75, 3.05) is 91.6 Å². The first-order valence-corrected chi connectivity index (χ1v) is 24.8. The molecule has 0 bridgehead atoms. The van der Waals surface area contributed by atoms with E-state index in [9.17, 15) is 29.1 Å². The zero-order valence-corrected chi connectivity index (χ0v) is 40.0. The van der Waals surface area contributed by atoms with Crippen LogP contribution in [0, 0.1) is 0 Å². The van der Waals surface area contributed by atoms with E-state index < -0.39 is 23.9 Å². The van der Waals surface area contributed by atoms with Gasteiger partial charge in [0.05, 0.1) is 57.7 Å². The van der Waals surface area contributed by atoms with Crippen molar-refractivity contribution < 1.29 is 52.8 Å². The maximum atomic E-state index is 13.5. The summed E-state index contributed by atoms with van der Waals surface area (Å²) in [5, 5.41) is 30.1. The van der Waals surface area contributed by atoms with Crippen molar-refractivity contribution in [1.82, 2.24) is 20.5 Å². The summed E-state index contributed by atoms with van der Waals surface area (Å²) in [6.07, 6.45) is 5.60. The van der Waals surface area contributed by atoms with E-state index in [0.717, 1.165) is 41.3 Å². The summed E-state index contributed by atoms with van der Waals surface area (Å²) in [6, 6.07) is 15.5. The molecule has 2 heterocycles. The van der Waals surface area contributed by atoms with Gasteiger partial charge in [-0.1, -0.05) is 34.1 Å². The molecule has 2 aromatic carbocycles. The number of nitrogens with one attached hydrogen (secondary N) is 3. The largest absolute Gasteiger partial charge is 0.481 e. The van der Waals surface area contributed by atoms with Gasteiger partial charge in [-0.2, -0.15) is 0 Å². The highest BCUT2D eigenvalue weighted by Gasteiger charge is 2.25. The maximum absolute atomic E-state index is 13.5. The number of carbonyl (C=O) groups excluding carboxylic acids is 3. The van der Waals surface area contributed by atoms with Crippen LogP contribution in [0.5, 0.6) is 0 Å². The number of ether oxygens (including phenoxy) is 3. The molecule has 2 aliphatic heterocycles. The Bertz CT molecular complexity index is 2310. The summed E-state index contributed by atoms with van der Waals surface area (Å²) in [7, 11) is 11.6. The first-order valence-electron chi connectivity index (χ1n) is 22.5. The van der Waals surface area contributed by atoms with E-state index in [1.165, 1.54) is 18.2 Å². The number of unbranched alkanes of at least 4 members (excludes halogenated alkanes) is 2. The van der Waals surface area contributed by atoms with Gasteiger partial charge in [0, 0.05) is 84.5 Å². The fraction of sp³-hybridized carbons (Fsp3) is 0.500. The van der Waals surface area contributed by atoms with Crippen molar-refractivity contribution in [2.24, 2.45) is 0 Å². The minimum Gasteiger partial charge on any atom is -0.481 e. The molecule has 1 fully saturated rings. The SMILES string of the molecule is CN(C)c1ccc2c(-c3ccc(C(=O)NCCCCC(NC(=O)CCCCC4CCSS4)C(=O)NCCOCCOCCOCCC(=O)O)cc3C(=O)O)c3ccc(=[N+](C)C)cc-3oc2c1. The van der Waals surface area contributed by atoms with Crippen molar-refractivity contribution in [3.63, 3.8) is 0 Å². The van der Waals surface area contributed by atoms with Crippen LogP contribution in [0.1, 0.15) is 78.5 Å². The standard InChI is InChI=1S/C48H63N5O11S2/c1-52(2)33-13-16-37-41(30-33)64-42-31-34(53(3)4)14-17-38(42)45(37)36-15-12-32(29-39(36)48(59)60)46(57)49-20-8-7-10-40(51-43(54)11-6-5-9-35-19-28-65-66-35)47(58)50-21-23-62-25-27-63-26-24-61-22-18-44(55)56/h12-17,29-31,35,40H,5-11,18-28H2,1-4H3,(H4-,49,50,51,54,55,56,57,58,59,60)/p+1. The number of carboxylic acids is 2. The average molecular weight is 951 g/mol. The van der Waals surface area contributed by atoms with Crippen LogP contribution in [0.3, 0.4) is 0 Å². The number of rotatable bonds is 28. The van der Waals surface area contributed by atoms with Gasteiger partial charge in [-0.05, 0) is 74.4 Å². The number of carboxylic acid groups (broad SMARTS) is 2. The number of fused-ring (bicyclic) bond motifs is 2. The van der Waals surface area contributed by atoms with Gasteiger partial charge < -0.3 is 49.7 Å². The predicted octanol–water partition coefficient (Wildman–Crippen LogP) is 5.74. The highest BCUT2D eigenvalue weighted by atomic mass is 33.1. The quantitative estimate of drug-likeness (QED) is 0.0199. The first-order chi connectivity index (χ1) is 31.8. The number of benzene rings is 3. The van der Waals surface area contributed by atoms with Crippen molar-refractivity contribution in [3.05, 3.63) is 71.1 Å². The number of amides is 3. The molecule has 0 saturated carbocycles. The van der Waals surface area contributed by atoms with E-state index in [1.54, 1.807) is 12.1 Å². The molecular formula is C48H64N5O11S2+. The number of anilines is 1. The summed E-state index contributed by atoms with van der Waals surface area (Å²) in [5.41, 5.74) is 3.55. The molecule has 66 heavy (non-hydrogen) atoms. The van der Waals surface area contributed by atoms with E-state index >= 15 is 0 Å². The first kappa shape index (κ1) is 51.8. The third kappa shape index (κ3) is 16.0. The van der Waals surface area contributed by atoms with Gasteiger partial charge in [-0.25, -0.2) is 9.37 Å². The number of aliphatic carboxylic acids is 1. The predicted molar refractivity (Wildman–Crippen MR) is 259 cm³/mol. The van der Waals surface area contributed by atoms with Crippen molar-refractivity contribution in [2.45, 2.75) is 69.1 Å². The van der Waals surface area contributed by atoms with Crippen LogP contribution in [0.25, 0.3) is 33.4 Å². The summed E-state index contributed by atoms with van der Waals surface area (Å²) >= 11 is 0. The Hall–Kier alpha value is -5.14. The van der Waals surface area contributed by atoms with Gasteiger partial charge in [0.1, 0.15) is 31.5 Å². The van der Waals surface area contributed by atoms with Gasteiger partial charge in [0.15, 0.2) is 0 Å². The molecule has 0 radical (unpaired) electrons. The molecule has 5 rings (SSSR count). The number of hydrogen-bond donors (Lipinski definition) is 5. The number of nitrogens with zero attached hydrogens (tertiary/aromatic N) is 2. The second-order valence-corrected chi connectivity index (χ2v) is 19.2. The highest BCUT2D eigenvalue weighted by Crippen LogP contribution is 2.42. The number of hydrogen-bond acceptors (Lipinski definition) is 12. The minimum atomic E-state index is -1.18. The zero-order valence-electron chi connectivity index (χ0n) is 38.4. The molecule has 0 spiro atoms. The van der Waals surface area contributed by atoms with Crippen LogP contribution in [-0.2, 0) is 28.6 Å². The van der Waals surface area contributed by atoms with Gasteiger partial charge in [-0.3, -0.25) is 19.2 Å². The highest BCUT2D eigenvalue weighted by molar-refractivity contribution is 8.77. The lowest BCUT2D eigenvalue weighted by Gasteiger charge is -2.19. The van der Waals surface area contributed by atoms with Crippen molar-refractivity contribution >= 4 is 67.9 Å². The molecule has 3 aliphatic rings. The minimum absolute atomic E-state index is 0.0265. The summed E-state index contributed by atoms with van der Waals surface area (Å²) in [4.78, 5) is 65.1. The summed E-state index contributed by atoms with van der Waals surface area (Å²) in [6.45, 7) is 2.06. The normalized spacial score (nSPS) is 14.0. The van der Waals surface area contributed by atoms with Gasteiger partial charge in [0.2, 0.25) is 17.2 Å². The molecule has 5 N–H and O–H groups in total. The topological polar surface area (TPSA) is 209 Å². The van der Waals surface area contributed by atoms with Crippen LogP contribution in [0.15, 0.2) is 59.0 Å². The molecule has 1 aliphatic carbocycles. The van der Waals surface area contributed by atoms with Crippen molar-refractivity contribution in [1.29, 1.82) is 0 Å². The van der Waals surface area contributed by atoms with Crippen LogP contribution in [-0.4, -0.2) is 138 Å². The third-order valence-corrected chi connectivity index (χ3v) is 14.0. The molecule has 2 unspecified atom stereocenters. The molecule has 0 aromatic heterocycles. The third-order valence-electron chi connectivity index (χ3n) is 11.0. The van der Waals surface area contributed by atoms with Crippen LogP contribution in [0.2, 0.25) is 0 Å². The fourth-order valence-corrected chi connectivity index (χ4v) is 10.4. The Balaban J connectivity index is 1.16. The van der Waals surface area contributed by atoms with Crippen LogP contribution >= 0.6 is 21.6 Å². The second-order valence-electron chi connectivity index (χ2n) is 16.4. The smallest absolute Gasteiger partial charge is 0.336 e. The molecule has 358 valence electrons. The number of carbonyl (C=O) groups is 5.